The quantitative estimate of drug-likeness (QED) is 0.879. The second kappa shape index (κ2) is 5.66. The smallest absolute Gasteiger partial charge is 0.383 e. The fourth-order valence-corrected chi connectivity index (χ4v) is 2.37. The molecule has 0 spiro atoms. The van der Waals surface area contributed by atoms with Crippen LogP contribution in [0.25, 0.3) is 5.69 Å². The number of rotatable bonds is 4. The van der Waals surface area contributed by atoms with Crippen molar-refractivity contribution in [3.05, 3.63) is 42.7 Å². The number of nitrogens with zero attached hydrogens (tertiary/aromatic N) is 2. The van der Waals surface area contributed by atoms with Crippen LogP contribution in [0.5, 0.6) is 0 Å². The van der Waals surface area contributed by atoms with E-state index < -0.39 is 18.0 Å². The van der Waals surface area contributed by atoms with Crippen LogP contribution in [0.2, 0.25) is 0 Å². The van der Waals surface area contributed by atoms with Crippen molar-refractivity contribution in [2.24, 2.45) is 0 Å². The molecule has 0 aliphatic heterocycles. The summed E-state index contributed by atoms with van der Waals surface area (Å²) in [7, 11) is 0. The molecule has 0 aliphatic rings. The van der Waals surface area contributed by atoms with Crippen molar-refractivity contribution in [3.8, 4) is 5.69 Å². The standard InChI is InChI=1S/C12H11F3N2OS/c13-12(14,15)10(18)8-19-11-16-6-7-17(11)9-4-2-1-3-5-9/h1-7,10,18H,8H2/t10-/m1/s1. The van der Waals surface area contributed by atoms with E-state index in [1.165, 1.54) is 6.20 Å². The van der Waals surface area contributed by atoms with E-state index in [-0.39, 0.29) is 0 Å². The molecule has 1 aromatic carbocycles. The van der Waals surface area contributed by atoms with Gasteiger partial charge in [0.05, 0.1) is 0 Å². The summed E-state index contributed by atoms with van der Waals surface area (Å²) in [5.74, 6) is -0.479. The molecule has 0 radical (unpaired) electrons. The van der Waals surface area contributed by atoms with Gasteiger partial charge in [0.25, 0.3) is 0 Å². The number of alkyl halides is 3. The lowest BCUT2D eigenvalue weighted by Gasteiger charge is -2.14. The van der Waals surface area contributed by atoms with Crippen molar-refractivity contribution in [1.29, 1.82) is 0 Å². The minimum Gasteiger partial charge on any atom is -0.383 e. The van der Waals surface area contributed by atoms with Gasteiger partial charge in [0.2, 0.25) is 0 Å². The van der Waals surface area contributed by atoms with Crippen LogP contribution in [0.3, 0.4) is 0 Å². The summed E-state index contributed by atoms with van der Waals surface area (Å²) in [6.07, 6.45) is -3.78. The predicted octanol–water partition coefficient (Wildman–Crippen LogP) is 2.89. The second-order valence-electron chi connectivity index (χ2n) is 3.78. The number of hydrogen-bond donors (Lipinski definition) is 1. The molecule has 1 atom stereocenters. The summed E-state index contributed by atoms with van der Waals surface area (Å²) in [5.41, 5.74) is 0.809. The van der Waals surface area contributed by atoms with E-state index in [0.717, 1.165) is 17.4 Å². The molecule has 0 saturated carbocycles. The molecule has 2 aromatic rings. The summed E-state index contributed by atoms with van der Waals surface area (Å²) in [6, 6.07) is 9.15. The molecular formula is C12H11F3N2OS. The number of aromatic nitrogens is 2. The highest BCUT2D eigenvalue weighted by molar-refractivity contribution is 7.99. The van der Waals surface area contributed by atoms with Crippen LogP contribution in [-0.2, 0) is 0 Å². The molecule has 7 heteroatoms. The fourth-order valence-electron chi connectivity index (χ4n) is 1.43. The number of para-hydroxylation sites is 1. The molecule has 19 heavy (non-hydrogen) atoms. The molecule has 0 fully saturated rings. The van der Waals surface area contributed by atoms with Crippen molar-refractivity contribution in [3.63, 3.8) is 0 Å². The molecular weight excluding hydrogens is 277 g/mol. The predicted molar refractivity (Wildman–Crippen MR) is 66.3 cm³/mol. The van der Waals surface area contributed by atoms with Gasteiger partial charge in [-0.05, 0) is 12.1 Å². The number of halogens is 3. The topological polar surface area (TPSA) is 38.1 Å². The third-order valence-electron chi connectivity index (χ3n) is 2.39. The average Bonchev–Trinajstić information content (AvgIpc) is 2.84. The lowest BCUT2D eigenvalue weighted by molar-refractivity contribution is -0.195. The summed E-state index contributed by atoms with van der Waals surface area (Å²) >= 11 is 0.865. The Labute approximate surface area is 112 Å². The molecule has 0 aliphatic carbocycles. The summed E-state index contributed by atoms with van der Waals surface area (Å²) in [6.45, 7) is 0. The number of aliphatic hydroxyl groups excluding tert-OH is 1. The van der Waals surface area contributed by atoms with E-state index >= 15 is 0 Å². The van der Waals surface area contributed by atoms with Gasteiger partial charge in [-0.3, -0.25) is 4.57 Å². The maximum absolute atomic E-state index is 12.2. The SMILES string of the molecule is O[C@H](CSc1nccn1-c1ccccc1)C(F)(F)F. The van der Waals surface area contributed by atoms with E-state index in [2.05, 4.69) is 4.98 Å². The molecule has 3 nitrogen and oxygen atoms in total. The zero-order chi connectivity index (χ0) is 13.9. The average molecular weight is 288 g/mol. The maximum Gasteiger partial charge on any atom is 0.415 e. The normalized spacial score (nSPS) is 13.5. The lowest BCUT2D eigenvalue weighted by atomic mass is 10.3. The Balaban J connectivity index is 2.09. The van der Waals surface area contributed by atoms with Gasteiger partial charge >= 0.3 is 6.18 Å². The Kier molecular flexibility index (Phi) is 4.16. The summed E-state index contributed by atoms with van der Waals surface area (Å²) in [4.78, 5) is 3.99. The molecule has 1 N–H and O–H groups in total. The van der Waals surface area contributed by atoms with E-state index in [0.29, 0.717) is 5.16 Å². The van der Waals surface area contributed by atoms with Crippen molar-refractivity contribution in [2.75, 3.05) is 5.75 Å². The van der Waals surface area contributed by atoms with E-state index in [1.807, 2.05) is 30.3 Å². The first kappa shape index (κ1) is 14.0. The van der Waals surface area contributed by atoms with Gasteiger partial charge in [0.1, 0.15) is 0 Å². The fraction of sp³-hybridized carbons (Fsp3) is 0.250. The Morgan fingerprint density at radius 1 is 1.26 bits per heavy atom. The molecule has 1 aromatic heterocycles. The molecule has 0 bridgehead atoms. The minimum absolute atomic E-state index is 0.412. The summed E-state index contributed by atoms with van der Waals surface area (Å²) < 4.78 is 38.3. The van der Waals surface area contributed by atoms with Gasteiger partial charge in [-0.1, -0.05) is 30.0 Å². The second-order valence-corrected chi connectivity index (χ2v) is 4.77. The molecule has 0 saturated heterocycles. The van der Waals surface area contributed by atoms with Crippen LogP contribution in [0.15, 0.2) is 47.9 Å². The summed E-state index contributed by atoms with van der Waals surface area (Å²) in [5, 5.41) is 9.37. The van der Waals surface area contributed by atoms with Crippen molar-refractivity contribution in [2.45, 2.75) is 17.4 Å². The molecule has 2 rings (SSSR count). The van der Waals surface area contributed by atoms with Crippen LogP contribution >= 0.6 is 11.8 Å². The number of hydrogen-bond acceptors (Lipinski definition) is 3. The zero-order valence-electron chi connectivity index (χ0n) is 9.71. The lowest BCUT2D eigenvalue weighted by Crippen LogP contribution is -2.30. The Bertz CT molecular complexity index is 527. The Hall–Kier alpha value is -1.47. The number of benzene rings is 1. The first-order chi connectivity index (χ1) is 8.98. The van der Waals surface area contributed by atoms with Crippen LogP contribution in [0, 0.1) is 0 Å². The van der Waals surface area contributed by atoms with Crippen molar-refractivity contribution in [1.82, 2.24) is 9.55 Å². The van der Waals surface area contributed by atoms with E-state index in [9.17, 15) is 13.2 Å². The Morgan fingerprint density at radius 3 is 2.58 bits per heavy atom. The first-order valence-electron chi connectivity index (χ1n) is 5.45. The molecule has 0 unspecified atom stereocenters. The molecule has 0 amide bonds. The van der Waals surface area contributed by atoms with Gasteiger partial charge < -0.3 is 5.11 Å². The molecule has 102 valence electrons. The monoisotopic (exact) mass is 288 g/mol. The highest BCUT2D eigenvalue weighted by atomic mass is 32.2. The third kappa shape index (κ3) is 3.51. The molecule has 1 heterocycles. The first-order valence-corrected chi connectivity index (χ1v) is 6.43. The van der Waals surface area contributed by atoms with Gasteiger partial charge in [0, 0.05) is 23.8 Å². The Morgan fingerprint density at radius 2 is 1.95 bits per heavy atom. The highest BCUT2D eigenvalue weighted by Gasteiger charge is 2.38. The number of imidazole rings is 1. The van der Waals surface area contributed by atoms with Crippen LogP contribution in [-0.4, -0.2) is 32.7 Å². The van der Waals surface area contributed by atoms with Crippen LogP contribution in [0.4, 0.5) is 13.2 Å². The van der Waals surface area contributed by atoms with Crippen molar-refractivity contribution < 1.29 is 18.3 Å². The van der Waals surface area contributed by atoms with E-state index in [1.54, 1.807) is 10.8 Å². The third-order valence-corrected chi connectivity index (χ3v) is 3.43. The largest absolute Gasteiger partial charge is 0.415 e. The number of thioether (sulfide) groups is 1. The minimum atomic E-state index is -4.60. The van der Waals surface area contributed by atoms with Crippen LogP contribution < -0.4 is 0 Å². The van der Waals surface area contributed by atoms with Crippen molar-refractivity contribution >= 4 is 11.8 Å². The highest BCUT2D eigenvalue weighted by Crippen LogP contribution is 2.27. The zero-order valence-corrected chi connectivity index (χ0v) is 10.5. The van der Waals surface area contributed by atoms with E-state index in [4.69, 9.17) is 5.11 Å². The van der Waals surface area contributed by atoms with Gasteiger partial charge in [-0.15, -0.1) is 0 Å². The van der Waals surface area contributed by atoms with Crippen LogP contribution in [0.1, 0.15) is 0 Å². The maximum atomic E-state index is 12.2. The number of aliphatic hydroxyl groups is 1. The van der Waals surface area contributed by atoms with Gasteiger partial charge in [-0.2, -0.15) is 13.2 Å². The van der Waals surface area contributed by atoms with Gasteiger partial charge in [-0.25, -0.2) is 4.98 Å². The van der Waals surface area contributed by atoms with Gasteiger partial charge in [0.15, 0.2) is 11.3 Å².